The van der Waals surface area contributed by atoms with E-state index >= 15 is 0 Å². The number of hydrogen-bond acceptors (Lipinski definition) is 4. The zero-order valence-electron chi connectivity index (χ0n) is 10.2. The van der Waals surface area contributed by atoms with Crippen molar-refractivity contribution in [2.75, 3.05) is 4.72 Å². The van der Waals surface area contributed by atoms with Crippen LogP contribution >= 0.6 is 22.6 Å². The van der Waals surface area contributed by atoms with Crippen LogP contribution in [-0.4, -0.2) is 24.5 Å². The van der Waals surface area contributed by atoms with Gasteiger partial charge in [0.05, 0.1) is 11.3 Å². The summed E-state index contributed by atoms with van der Waals surface area (Å²) in [7, 11) is -3.97. The van der Waals surface area contributed by atoms with Gasteiger partial charge >= 0.3 is 5.97 Å². The molecule has 110 valence electrons. The molecule has 1 heterocycles. The number of sulfonamides is 1. The van der Waals surface area contributed by atoms with Crippen molar-refractivity contribution in [3.05, 3.63) is 51.5 Å². The van der Waals surface area contributed by atoms with Gasteiger partial charge in [0.15, 0.2) is 5.03 Å². The molecule has 0 saturated carbocycles. The number of aromatic carboxylic acids is 1. The number of carboxylic acid groups (broad SMARTS) is 1. The average molecular weight is 422 g/mol. The van der Waals surface area contributed by atoms with Crippen LogP contribution in [0.15, 0.2) is 41.6 Å². The second-order valence-electron chi connectivity index (χ2n) is 3.92. The lowest BCUT2D eigenvalue weighted by Crippen LogP contribution is -2.15. The number of halogens is 2. The van der Waals surface area contributed by atoms with E-state index in [4.69, 9.17) is 5.11 Å². The maximum Gasteiger partial charge on any atom is 0.337 e. The maximum atomic E-state index is 13.0. The van der Waals surface area contributed by atoms with Crippen molar-refractivity contribution in [3.8, 4) is 0 Å². The Bertz CT molecular complexity index is 793. The van der Waals surface area contributed by atoms with Crippen molar-refractivity contribution in [1.82, 2.24) is 4.98 Å². The Kier molecular flexibility index (Phi) is 4.42. The Balaban J connectivity index is 2.31. The van der Waals surface area contributed by atoms with E-state index in [-0.39, 0.29) is 16.3 Å². The van der Waals surface area contributed by atoms with Gasteiger partial charge in [0, 0.05) is 9.77 Å². The van der Waals surface area contributed by atoms with Crippen LogP contribution in [0.5, 0.6) is 0 Å². The normalized spacial score (nSPS) is 11.1. The van der Waals surface area contributed by atoms with E-state index in [1.54, 1.807) is 22.6 Å². The third kappa shape index (κ3) is 3.67. The molecule has 0 radical (unpaired) electrons. The van der Waals surface area contributed by atoms with Gasteiger partial charge in [-0.1, -0.05) is 0 Å². The first-order valence-corrected chi connectivity index (χ1v) is 8.03. The van der Waals surface area contributed by atoms with Crippen LogP contribution in [0.4, 0.5) is 10.1 Å². The fourth-order valence-corrected chi connectivity index (χ4v) is 3.24. The monoisotopic (exact) mass is 422 g/mol. The van der Waals surface area contributed by atoms with Crippen molar-refractivity contribution in [1.29, 1.82) is 0 Å². The molecule has 1 aromatic heterocycles. The number of nitrogens with one attached hydrogen (secondary N) is 1. The van der Waals surface area contributed by atoms with Crippen molar-refractivity contribution in [3.63, 3.8) is 0 Å². The van der Waals surface area contributed by atoms with E-state index in [9.17, 15) is 17.6 Å². The molecule has 0 unspecified atom stereocenters. The Morgan fingerprint density at radius 1 is 1.29 bits per heavy atom. The minimum Gasteiger partial charge on any atom is -0.478 e. The van der Waals surface area contributed by atoms with Gasteiger partial charge in [-0.3, -0.25) is 4.72 Å². The summed E-state index contributed by atoms with van der Waals surface area (Å²) in [5.74, 6) is -1.68. The van der Waals surface area contributed by atoms with Crippen molar-refractivity contribution in [2.45, 2.75) is 5.03 Å². The Hall–Kier alpha value is -1.75. The highest BCUT2D eigenvalue weighted by Gasteiger charge is 2.18. The van der Waals surface area contributed by atoms with Gasteiger partial charge in [-0.05, 0) is 52.9 Å². The fourth-order valence-electron chi connectivity index (χ4n) is 1.44. The summed E-state index contributed by atoms with van der Waals surface area (Å²) in [6.45, 7) is 0. The van der Waals surface area contributed by atoms with E-state index in [1.165, 1.54) is 12.1 Å². The predicted octanol–water partition coefficient (Wildman–Crippen LogP) is 2.32. The molecule has 21 heavy (non-hydrogen) atoms. The highest BCUT2D eigenvalue weighted by atomic mass is 127. The van der Waals surface area contributed by atoms with Crippen LogP contribution in [0.3, 0.4) is 0 Å². The molecule has 1 aromatic carbocycles. The fraction of sp³-hybridized carbons (Fsp3) is 0. The van der Waals surface area contributed by atoms with Crippen LogP contribution in [0, 0.1) is 9.39 Å². The van der Waals surface area contributed by atoms with Crippen LogP contribution in [0.1, 0.15) is 10.4 Å². The zero-order chi connectivity index (χ0) is 15.6. The molecule has 0 saturated heterocycles. The smallest absolute Gasteiger partial charge is 0.337 e. The molecular weight excluding hydrogens is 414 g/mol. The third-order valence-electron chi connectivity index (χ3n) is 2.43. The molecule has 2 rings (SSSR count). The number of benzene rings is 1. The first kappa shape index (κ1) is 15.6. The number of anilines is 1. The molecule has 2 aromatic rings. The van der Waals surface area contributed by atoms with E-state index < -0.39 is 21.8 Å². The summed E-state index contributed by atoms with van der Waals surface area (Å²) in [6.07, 6.45) is 0.951. The molecular formula is C12H8FIN2O4S. The number of carboxylic acids is 1. The molecule has 0 aliphatic rings. The Morgan fingerprint density at radius 3 is 2.52 bits per heavy atom. The molecule has 9 heteroatoms. The summed E-state index contributed by atoms with van der Waals surface area (Å²) >= 11 is 1.79. The summed E-state index contributed by atoms with van der Waals surface area (Å²) in [5, 5.41) is 8.41. The topological polar surface area (TPSA) is 96.4 Å². The molecule has 0 aliphatic heterocycles. The standard InChI is InChI=1S/C12H8FIN2O4S/c13-8-2-3-10(9(14)5-8)16-21(19,20)11-4-1-7(6-15-11)12(17)18/h1-6,16H,(H,17,18). The summed E-state index contributed by atoms with van der Waals surface area (Å²) in [5.41, 5.74) is 0.0893. The summed E-state index contributed by atoms with van der Waals surface area (Å²) in [6, 6.07) is 5.82. The first-order chi connectivity index (χ1) is 9.79. The maximum absolute atomic E-state index is 13.0. The van der Waals surface area contributed by atoms with E-state index in [0.717, 1.165) is 24.4 Å². The largest absolute Gasteiger partial charge is 0.478 e. The Morgan fingerprint density at radius 2 is 2.00 bits per heavy atom. The molecule has 0 spiro atoms. The molecule has 2 N–H and O–H groups in total. The summed E-state index contributed by atoms with van der Waals surface area (Å²) in [4.78, 5) is 14.3. The molecule has 0 bridgehead atoms. The van der Waals surface area contributed by atoms with Gasteiger partial charge in [-0.2, -0.15) is 8.42 Å². The number of rotatable bonds is 4. The number of hydrogen-bond donors (Lipinski definition) is 2. The second-order valence-corrected chi connectivity index (χ2v) is 6.71. The van der Waals surface area contributed by atoms with Crippen LogP contribution in [0.2, 0.25) is 0 Å². The number of aromatic nitrogens is 1. The number of nitrogens with zero attached hydrogens (tertiary/aromatic N) is 1. The van der Waals surface area contributed by atoms with Gasteiger partial charge in [-0.25, -0.2) is 14.2 Å². The lowest BCUT2D eigenvalue weighted by Gasteiger charge is -2.09. The van der Waals surface area contributed by atoms with E-state index in [2.05, 4.69) is 9.71 Å². The molecule has 0 fully saturated rings. The number of carbonyl (C=O) groups is 1. The molecule has 6 nitrogen and oxygen atoms in total. The second kappa shape index (κ2) is 5.93. The van der Waals surface area contributed by atoms with Gasteiger partial charge in [-0.15, -0.1) is 0 Å². The lowest BCUT2D eigenvalue weighted by atomic mass is 10.3. The van der Waals surface area contributed by atoms with Crippen LogP contribution in [-0.2, 0) is 10.0 Å². The van der Waals surface area contributed by atoms with Crippen LogP contribution in [0.25, 0.3) is 0 Å². The average Bonchev–Trinajstić information content (AvgIpc) is 2.42. The van der Waals surface area contributed by atoms with E-state index in [1.807, 2.05) is 0 Å². The third-order valence-corrected chi connectivity index (χ3v) is 4.61. The van der Waals surface area contributed by atoms with Crippen LogP contribution < -0.4 is 4.72 Å². The predicted molar refractivity (Wildman–Crippen MR) is 81.1 cm³/mol. The molecule has 0 atom stereocenters. The lowest BCUT2D eigenvalue weighted by molar-refractivity contribution is 0.0696. The van der Waals surface area contributed by atoms with Gasteiger partial charge < -0.3 is 5.11 Å². The SMILES string of the molecule is O=C(O)c1ccc(S(=O)(=O)Nc2ccc(F)cc2I)nc1. The summed E-state index contributed by atoms with van der Waals surface area (Å²) < 4.78 is 39.8. The minimum absolute atomic E-state index is 0.120. The molecule has 0 amide bonds. The van der Waals surface area contributed by atoms with E-state index in [0.29, 0.717) is 3.57 Å². The Labute approximate surface area is 133 Å². The van der Waals surface area contributed by atoms with Gasteiger partial charge in [0.25, 0.3) is 10.0 Å². The zero-order valence-corrected chi connectivity index (χ0v) is 13.2. The highest BCUT2D eigenvalue weighted by molar-refractivity contribution is 14.1. The molecule has 0 aliphatic carbocycles. The van der Waals surface area contributed by atoms with Gasteiger partial charge in [0.1, 0.15) is 5.82 Å². The quantitative estimate of drug-likeness (QED) is 0.738. The van der Waals surface area contributed by atoms with Crippen molar-refractivity contribution < 1.29 is 22.7 Å². The number of pyridine rings is 1. The first-order valence-electron chi connectivity index (χ1n) is 5.47. The van der Waals surface area contributed by atoms with Gasteiger partial charge in [0.2, 0.25) is 0 Å². The van der Waals surface area contributed by atoms with Crippen molar-refractivity contribution >= 4 is 44.3 Å². The highest BCUT2D eigenvalue weighted by Crippen LogP contribution is 2.22. The minimum atomic E-state index is -3.97. The van der Waals surface area contributed by atoms with Crippen molar-refractivity contribution in [2.24, 2.45) is 0 Å².